The van der Waals surface area contributed by atoms with Gasteiger partial charge in [0.1, 0.15) is 0 Å². The number of aliphatic hydroxyl groups excluding tert-OH is 1. The van der Waals surface area contributed by atoms with E-state index in [2.05, 4.69) is 10.6 Å². The van der Waals surface area contributed by atoms with E-state index in [-0.39, 0.29) is 13.2 Å². The lowest BCUT2D eigenvalue weighted by molar-refractivity contribution is -0.136. The number of hydrogen-bond acceptors (Lipinski definition) is 4. The first-order valence-electron chi connectivity index (χ1n) is 6.02. The molecule has 0 heterocycles. The van der Waals surface area contributed by atoms with E-state index in [1.807, 2.05) is 25.1 Å². The zero-order valence-corrected chi connectivity index (χ0v) is 11.1. The summed E-state index contributed by atoms with van der Waals surface area (Å²) < 4.78 is 0. The van der Waals surface area contributed by atoms with Crippen molar-refractivity contribution in [1.82, 2.24) is 5.32 Å². The topological polar surface area (TPSA) is 81.7 Å². The molecule has 2 amide bonds. The van der Waals surface area contributed by atoms with Gasteiger partial charge in [-0.2, -0.15) is 0 Å². The zero-order chi connectivity index (χ0) is 14.3. The normalized spacial score (nSPS) is 9.84. The Hall–Kier alpha value is -2.08. The molecule has 0 spiro atoms. The van der Waals surface area contributed by atoms with E-state index in [1.165, 1.54) is 0 Å². The molecule has 1 rings (SSSR count). The van der Waals surface area contributed by atoms with E-state index in [9.17, 15) is 9.59 Å². The summed E-state index contributed by atoms with van der Waals surface area (Å²) in [6.07, 6.45) is 0.426. The van der Waals surface area contributed by atoms with Gasteiger partial charge in [0.15, 0.2) is 0 Å². The van der Waals surface area contributed by atoms with E-state index >= 15 is 0 Å². The lowest BCUT2D eigenvalue weighted by Gasteiger charge is -2.13. The van der Waals surface area contributed by atoms with Gasteiger partial charge in [-0.25, -0.2) is 0 Å². The van der Waals surface area contributed by atoms with Crippen molar-refractivity contribution in [2.45, 2.75) is 6.42 Å². The molecule has 3 N–H and O–H groups in total. The van der Waals surface area contributed by atoms with Gasteiger partial charge < -0.3 is 20.6 Å². The van der Waals surface area contributed by atoms with Gasteiger partial charge in [0.25, 0.3) is 0 Å². The van der Waals surface area contributed by atoms with Crippen LogP contribution in [0, 0.1) is 0 Å². The molecule has 0 aliphatic carbocycles. The summed E-state index contributed by atoms with van der Waals surface area (Å²) >= 11 is 0. The first-order valence-corrected chi connectivity index (χ1v) is 6.02. The Bertz CT molecular complexity index is 447. The van der Waals surface area contributed by atoms with Gasteiger partial charge in [0.05, 0.1) is 0 Å². The molecule has 6 heteroatoms. The SMILES string of the molecule is CN(C)c1cccc(NC(=O)C(=O)NCCCO)c1. The zero-order valence-electron chi connectivity index (χ0n) is 11.1. The number of amides is 2. The summed E-state index contributed by atoms with van der Waals surface area (Å²) in [5, 5.41) is 13.5. The maximum atomic E-state index is 11.6. The third-order valence-corrected chi connectivity index (χ3v) is 2.45. The van der Waals surface area contributed by atoms with Crippen LogP contribution in [0.1, 0.15) is 6.42 Å². The second-order valence-electron chi connectivity index (χ2n) is 4.23. The van der Waals surface area contributed by atoms with Crippen LogP contribution < -0.4 is 15.5 Å². The van der Waals surface area contributed by atoms with Gasteiger partial charge in [-0.1, -0.05) is 6.07 Å². The quantitative estimate of drug-likeness (QED) is 0.524. The highest BCUT2D eigenvalue weighted by Crippen LogP contribution is 2.16. The molecule has 0 fully saturated rings. The second kappa shape index (κ2) is 7.38. The number of hydrogen-bond donors (Lipinski definition) is 3. The van der Waals surface area contributed by atoms with Crippen molar-refractivity contribution in [3.05, 3.63) is 24.3 Å². The Labute approximate surface area is 112 Å². The van der Waals surface area contributed by atoms with Gasteiger partial charge in [0, 0.05) is 38.6 Å². The summed E-state index contributed by atoms with van der Waals surface area (Å²) in [6, 6.07) is 7.19. The number of aliphatic hydroxyl groups is 1. The van der Waals surface area contributed by atoms with Crippen LogP contribution in [0.25, 0.3) is 0 Å². The van der Waals surface area contributed by atoms with Gasteiger partial charge in [-0.3, -0.25) is 9.59 Å². The van der Waals surface area contributed by atoms with Crippen molar-refractivity contribution >= 4 is 23.2 Å². The van der Waals surface area contributed by atoms with Crippen molar-refractivity contribution in [2.75, 3.05) is 37.5 Å². The number of anilines is 2. The lowest BCUT2D eigenvalue weighted by Crippen LogP contribution is -2.36. The summed E-state index contributed by atoms with van der Waals surface area (Å²) in [7, 11) is 3.78. The lowest BCUT2D eigenvalue weighted by atomic mass is 10.2. The fourth-order valence-corrected chi connectivity index (χ4v) is 1.41. The van der Waals surface area contributed by atoms with Gasteiger partial charge in [-0.15, -0.1) is 0 Å². The standard InChI is InChI=1S/C13H19N3O3/c1-16(2)11-6-3-5-10(9-11)15-13(19)12(18)14-7-4-8-17/h3,5-6,9,17H,4,7-8H2,1-2H3,(H,14,18)(H,15,19). The number of benzene rings is 1. The molecule has 6 nitrogen and oxygen atoms in total. The van der Waals surface area contributed by atoms with Crippen LogP contribution in [0.4, 0.5) is 11.4 Å². The molecule has 1 aromatic carbocycles. The minimum absolute atomic E-state index is 0.0211. The molecule has 0 aliphatic heterocycles. The van der Waals surface area contributed by atoms with E-state index in [4.69, 9.17) is 5.11 Å². The smallest absolute Gasteiger partial charge is 0.313 e. The van der Waals surface area contributed by atoms with Crippen molar-refractivity contribution in [3.8, 4) is 0 Å². The summed E-state index contributed by atoms with van der Waals surface area (Å²) in [6.45, 7) is 0.257. The van der Waals surface area contributed by atoms with Crippen LogP contribution in [0.3, 0.4) is 0 Å². The highest BCUT2D eigenvalue weighted by molar-refractivity contribution is 6.39. The third-order valence-electron chi connectivity index (χ3n) is 2.45. The maximum Gasteiger partial charge on any atom is 0.313 e. The highest BCUT2D eigenvalue weighted by Gasteiger charge is 2.13. The molecule has 0 saturated carbocycles. The fraction of sp³-hybridized carbons (Fsp3) is 0.385. The second-order valence-corrected chi connectivity index (χ2v) is 4.23. The van der Waals surface area contributed by atoms with Crippen LogP contribution in [-0.2, 0) is 9.59 Å². The fourth-order valence-electron chi connectivity index (χ4n) is 1.41. The van der Waals surface area contributed by atoms with Crippen molar-refractivity contribution in [2.24, 2.45) is 0 Å². The van der Waals surface area contributed by atoms with Crippen LogP contribution in [0.15, 0.2) is 24.3 Å². The molecule has 104 valence electrons. The molecule has 0 unspecified atom stereocenters. The van der Waals surface area contributed by atoms with Crippen LogP contribution in [0.5, 0.6) is 0 Å². The van der Waals surface area contributed by atoms with Crippen LogP contribution in [-0.4, -0.2) is 44.2 Å². The number of carbonyl (C=O) groups is 2. The molecule has 0 aromatic heterocycles. The Morgan fingerprint density at radius 1 is 1.26 bits per heavy atom. The number of carbonyl (C=O) groups excluding carboxylic acids is 2. The highest BCUT2D eigenvalue weighted by atomic mass is 16.3. The van der Waals surface area contributed by atoms with E-state index < -0.39 is 11.8 Å². The van der Waals surface area contributed by atoms with Gasteiger partial charge >= 0.3 is 11.8 Å². The van der Waals surface area contributed by atoms with Crippen molar-refractivity contribution < 1.29 is 14.7 Å². The average Bonchev–Trinajstić information content (AvgIpc) is 2.39. The van der Waals surface area contributed by atoms with Crippen molar-refractivity contribution in [3.63, 3.8) is 0 Å². The molecule has 0 atom stereocenters. The summed E-state index contributed by atoms with van der Waals surface area (Å²) in [5.74, 6) is -1.42. The first kappa shape index (κ1) is 15.0. The molecule has 19 heavy (non-hydrogen) atoms. The first-order chi connectivity index (χ1) is 9.04. The minimum atomic E-state index is -0.714. The van der Waals surface area contributed by atoms with Crippen LogP contribution >= 0.6 is 0 Å². The summed E-state index contributed by atoms with van der Waals surface area (Å²) in [5.41, 5.74) is 1.49. The molecule has 1 aromatic rings. The average molecular weight is 265 g/mol. The Kier molecular flexibility index (Phi) is 5.81. The minimum Gasteiger partial charge on any atom is -0.396 e. The molecule has 0 aliphatic rings. The molecule has 0 saturated heterocycles. The third kappa shape index (κ3) is 4.97. The van der Waals surface area contributed by atoms with Crippen molar-refractivity contribution in [1.29, 1.82) is 0 Å². The van der Waals surface area contributed by atoms with E-state index in [1.54, 1.807) is 18.2 Å². The Morgan fingerprint density at radius 2 is 2.00 bits per heavy atom. The largest absolute Gasteiger partial charge is 0.396 e. The Morgan fingerprint density at radius 3 is 2.63 bits per heavy atom. The predicted octanol–water partition coefficient (Wildman–Crippen LogP) is 0.190. The molecule has 0 bridgehead atoms. The summed E-state index contributed by atoms with van der Waals surface area (Å²) in [4.78, 5) is 24.9. The van der Waals surface area contributed by atoms with Gasteiger partial charge in [0.2, 0.25) is 0 Å². The molecular weight excluding hydrogens is 246 g/mol. The van der Waals surface area contributed by atoms with Crippen LogP contribution in [0.2, 0.25) is 0 Å². The number of rotatable bonds is 5. The van der Waals surface area contributed by atoms with Gasteiger partial charge in [-0.05, 0) is 24.6 Å². The maximum absolute atomic E-state index is 11.6. The number of nitrogens with one attached hydrogen (secondary N) is 2. The number of nitrogens with zero attached hydrogens (tertiary/aromatic N) is 1. The Balaban J connectivity index is 2.56. The van der Waals surface area contributed by atoms with E-state index in [0.29, 0.717) is 12.1 Å². The molecular formula is C13H19N3O3. The van der Waals surface area contributed by atoms with E-state index in [0.717, 1.165) is 5.69 Å². The molecule has 0 radical (unpaired) electrons. The monoisotopic (exact) mass is 265 g/mol. The predicted molar refractivity (Wildman–Crippen MR) is 74.1 cm³/mol.